The second kappa shape index (κ2) is 10.4. The zero-order valence-corrected chi connectivity index (χ0v) is 16.9. The minimum atomic E-state index is -0.615. The topological polar surface area (TPSA) is 26.3 Å². The summed E-state index contributed by atoms with van der Waals surface area (Å²) in [6.07, 6.45) is 11.7. The minimum absolute atomic E-state index is 0.143. The van der Waals surface area contributed by atoms with Crippen LogP contribution >= 0.6 is 10.0 Å². The Morgan fingerprint density at radius 1 is 0.909 bits per heavy atom. The lowest BCUT2D eigenvalue weighted by Crippen LogP contribution is -2.21. The van der Waals surface area contributed by atoms with Crippen molar-refractivity contribution >= 4 is 15.8 Å². The lowest BCUT2D eigenvalue weighted by atomic mass is 9.87. The highest BCUT2D eigenvalue weighted by Crippen LogP contribution is 2.38. The first-order valence-electron chi connectivity index (χ1n) is 8.72. The van der Waals surface area contributed by atoms with E-state index in [9.17, 15) is 4.79 Å². The number of methoxy groups -OCH3 is 1. The number of hydrogen-bond acceptors (Lipinski definition) is 2. The van der Waals surface area contributed by atoms with Crippen LogP contribution < -0.4 is 0 Å². The highest BCUT2D eigenvalue weighted by molar-refractivity contribution is 8.32. The first kappa shape index (κ1) is 21.6. The summed E-state index contributed by atoms with van der Waals surface area (Å²) in [5.41, 5.74) is 0.979. The molecule has 0 aromatic rings. The molecule has 3 heteroatoms. The third kappa shape index (κ3) is 6.76. The van der Waals surface area contributed by atoms with E-state index in [1.165, 1.54) is 0 Å². The molecule has 0 saturated carbocycles. The van der Waals surface area contributed by atoms with Gasteiger partial charge < -0.3 is 4.74 Å². The maximum absolute atomic E-state index is 13.0. The average Bonchev–Trinajstić information content (AvgIpc) is 2.46. The smallest absolute Gasteiger partial charge is 0.165 e. The van der Waals surface area contributed by atoms with Crippen molar-refractivity contribution in [1.29, 1.82) is 0 Å². The fourth-order valence-electron chi connectivity index (χ4n) is 2.88. The van der Waals surface area contributed by atoms with Crippen molar-refractivity contribution in [3.05, 3.63) is 11.3 Å². The summed E-state index contributed by atoms with van der Waals surface area (Å²) in [6.45, 7) is 8.59. The van der Waals surface area contributed by atoms with E-state index in [-0.39, 0.29) is 5.92 Å². The Bertz CT molecular complexity index is 358. The molecule has 0 aliphatic heterocycles. The van der Waals surface area contributed by atoms with Crippen LogP contribution in [0.5, 0.6) is 0 Å². The van der Waals surface area contributed by atoms with Gasteiger partial charge in [0.1, 0.15) is 5.76 Å². The molecule has 0 unspecified atom stereocenters. The zero-order valence-electron chi connectivity index (χ0n) is 16.1. The van der Waals surface area contributed by atoms with E-state index in [4.69, 9.17) is 4.74 Å². The molecule has 0 saturated heterocycles. The predicted molar refractivity (Wildman–Crippen MR) is 102 cm³/mol. The van der Waals surface area contributed by atoms with Crippen molar-refractivity contribution in [2.24, 2.45) is 11.8 Å². The fraction of sp³-hybridized carbons (Fsp3) is 0.842. The summed E-state index contributed by atoms with van der Waals surface area (Å²) in [5.74, 6) is 2.90. The Hall–Kier alpha value is -0.440. The van der Waals surface area contributed by atoms with Crippen molar-refractivity contribution in [3.63, 3.8) is 0 Å². The van der Waals surface area contributed by atoms with Crippen molar-refractivity contribution < 1.29 is 9.53 Å². The van der Waals surface area contributed by atoms with Gasteiger partial charge in [0.05, 0.1) is 7.11 Å². The van der Waals surface area contributed by atoms with Gasteiger partial charge in [0, 0.05) is 17.4 Å². The normalized spacial score (nSPS) is 14.3. The van der Waals surface area contributed by atoms with Crippen LogP contribution in [0, 0.1) is 11.8 Å². The van der Waals surface area contributed by atoms with Gasteiger partial charge in [0.2, 0.25) is 0 Å². The van der Waals surface area contributed by atoms with Gasteiger partial charge in [-0.3, -0.25) is 4.79 Å². The number of carbonyl (C=O) groups is 1. The molecule has 22 heavy (non-hydrogen) atoms. The molecule has 0 radical (unpaired) electrons. The van der Waals surface area contributed by atoms with E-state index in [0.29, 0.717) is 11.7 Å². The van der Waals surface area contributed by atoms with E-state index in [2.05, 4.69) is 46.5 Å². The summed E-state index contributed by atoms with van der Waals surface area (Å²) in [7, 11) is 1.12. The van der Waals surface area contributed by atoms with Crippen LogP contribution in [0.15, 0.2) is 11.3 Å². The van der Waals surface area contributed by atoms with Crippen molar-refractivity contribution in [3.8, 4) is 0 Å². The number of carbonyl (C=O) groups excluding carboxylic acids is 1. The molecule has 0 amide bonds. The molecule has 0 atom stereocenters. The molecule has 0 N–H and O–H groups in total. The molecule has 0 aromatic carbocycles. The molecule has 0 aliphatic rings. The molecule has 0 rings (SSSR count). The second-order valence-electron chi connectivity index (χ2n) is 6.98. The fourth-order valence-corrected chi connectivity index (χ4v) is 3.69. The molecule has 0 aliphatic carbocycles. The number of allylic oxidation sites excluding steroid dienone is 2. The van der Waals surface area contributed by atoms with Gasteiger partial charge in [0.25, 0.3) is 0 Å². The Morgan fingerprint density at radius 2 is 1.36 bits per heavy atom. The van der Waals surface area contributed by atoms with Crippen LogP contribution in [0.2, 0.25) is 0 Å². The molecular formula is C19H38O2S. The third-order valence-electron chi connectivity index (χ3n) is 4.49. The van der Waals surface area contributed by atoms with Gasteiger partial charge in [-0.1, -0.05) is 27.7 Å². The summed E-state index contributed by atoms with van der Waals surface area (Å²) >= 11 is 0. The monoisotopic (exact) mass is 330 g/mol. The molecule has 0 heterocycles. The second-order valence-corrected chi connectivity index (χ2v) is 11.6. The van der Waals surface area contributed by atoms with E-state index in [1.54, 1.807) is 7.11 Å². The molecule has 0 spiro atoms. The van der Waals surface area contributed by atoms with E-state index in [0.717, 1.165) is 49.2 Å². The first-order valence-corrected chi connectivity index (χ1v) is 11.7. The van der Waals surface area contributed by atoms with Crippen LogP contribution in [0.3, 0.4) is 0 Å². The standard InChI is InChI=1S/C19H38O2S/c1-9-15(10-2)18(20)17(13-14-22(6,7)8)19(21-5)16(11-3)12-4/h15-16H,9-14H2,1-8H3/b19-17-. The number of hydrogen-bond donors (Lipinski definition) is 0. The summed E-state index contributed by atoms with van der Waals surface area (Å²) < 4.78 is 5.75. The molecular weight excluding hydrogens is 292 g/mol. The lowest BCUT2D eigenvalue weighted by molar-refractivity contribution is -0.119. The van der Waals surface area contributed by atoms with Gasteiger partial charge in [-0.05, 0) is 56.6 Å². The Labute approximate surface area is 140 Å². The Morgan fingerprint density at radius 3 is 1.68 bits per heavy atom. The number of rotatable bonds is 11. The van der Waals surface area contributed by atoms with Crippen LogP contribution in [0.1, 0.15) is 59.8 Å². The van der Waals surface area contributed by atoms with E-state index in [1.807, 2.05) is 0 Å². The van der Waals surface area contributed by atoms with Gasteiger partial charge in [-0.2, -0.15) is 0 Å². The molecule has 0 aromatic heterocycles. The van der Waals surface area contributed by atoms with Crippen LogP contribution in [-0.2, 0) is 9.53 Å². The van der Waals surface area contributed by atoms with Gasteiger partial charge in [0.15, 0.2) is 5.78 Å². The summed E-state index contributed by atoms with van der Waals surface area (Å²) in [5, 5.41) is 0. The van der Waals surface area contributed by atoms with Crippen molar-refractivity contribution in [2.45, 2.75) is 59.8 Å². The quantitative estimate of drug-likeness (QED) is 0.374. The SMILES string of the molecule is CCC(CC)C(=O)/C(CCS(C)(C)C)=C(\OC)C(CC)CC. The predicted octanol–water partition coefficient (Wildman–Crippen LogP) is 5.41. The largest absolute Gasteiger partial charge is 0.500 e. The highest BCUT2D eigenvalue weighted by Gasteiger charge is 2.26. The summed E-state index contributed by atoms with van der Waals surface area (Å²) in [6, 6.07) is 0. The minimum Gasteiger partial charge on any atom is -0.500 e. The number of Topliss-reactive ketones (excluding diaryl/α,β-unsaturated/α-hetero) is 1. The summed E-state index contributed by atoms with van der Waals surface area (Å²) in [4.78, 5) is 13.0. The van der Waals surface area contributed by atoms with Crippen LogP contribution in [0.4, 0.5) is 0 Å². The van der Waals surface area contributed by atoms with Crippen molar-refractivity contribution in [1.82, 2.24) is 0 Å². The first-order chi connectivity index (χ1) is 10.2. The third-order valence-corrected chi connectivity index (χ3v) is 5.92. The number of ether oxygens (including phenoxy) is 1. The maximum Gasteiger partial charge on any atom is 0.165 e. The Balaban J connectivity index is 5.68. The van der Waals surface area contributed by atoms with E-state index < -0.39 is 10.0 Å². The lowest BCUT2D eigenvalue weighted by Gasteiger charge is -2.28. The zero-order chi connectivity index (χ0) is 17.3. The number of ketones is 1. The van der Waals surface area contributed by atoms with Gasteiger partial charge >= 0.3 is 0 Å². The van der Waals surface area contributed by atoms with Gasteiger partial charge in [-0.15, -0.1) is 0 Å². The molecule has 132 valence electrons. The van der Waals surface area contributed by atoms with Crippen molar-refractivity contribution in [2.75, 3.05) is 31.6 Å². The highest BCUT2D eigenvalue weighted by atomic mass is 32.3. The molecule has 0 bridgehead atoms. The Kier molecular flexibility index (Phi) is 10.1. The maximum atomic E-state index is 13.0. The van der Waals surface area contributed by atoms with Crippen LogP contribution in [-0.4, -0.2) is 37.4 Å². The molecule has 0 fully saturated rings. The van der Waals surface area contributed by atoms with Crippen LogP contribution in [0.25, 0.3) is 0 Å². The average molecular weight is 331 g/mol. The van der Waals surface area contributed by atoms with Gasteiger partial charge in [-0.25, -0.2) is 10.0 Å². The van der Waals surface area contributed by atoms with E-state index >= 15 is 0 Å². The molecule has 2 nitrogen and oxygen atoms in total.